The molecule has 0 atom stereocenters. The molecule has 0 bridgehead atoms. The SMILES string of the molecule is O=[N+]([O-])c1ccc2c(c1)B(O)OC21CCC1. The van der Waals surface area contributed by atoms with Gasteiger partial charge in [0.1, 0.15) is 0 Å². The Morgan fingerprint density at radius 2 is 2.25 bits per heavy atom. The highest BCUT2D eigenvalue weighted by Crippen LogP contribution is 2.47. The molecule has 3 rings (SSSR count). The summed E-state index contributed by atoms with van der Waals surface area (Å²) in [5.41, 5.74) is 1.09. The average Bonchev–Trinajstić information content (AvgIpc) is 2.51. The van der Waals surface area contributed by atoms with E-state index in [1.165, 1.54) is 12.1 Å². The Bertz CT molecular complexity index is 472. The lowest BCUT2D eigenvalue weighted by Gasteiger charge is -2.39. The molecule has 1 saturated carbocycles. The van der Waals surface area contributed by atoms with E-state index in [0.29, 0.717) is 5.46 Å². The van der Waals surface area contributed by atoms with Crippen LogP contribution in [-0.4, -0.2) is 17.1 Å². The van der Waals surface area contributed by atoms with Gasteiger partial charge in [-0.15, -0.1) is 0 Å². The number of nitrogens with zero attached hydrogens (tertiary/aromatic N) is 1. The second kappa shape index (κ2) is 3.05. The van der Waals surface area contributed by atoms with Gasteiger partial charge in [-0.2, -0.15) is 0 Å². The maximum absolute atomic E-state index is 10.6. The summed E-state index contributed by atoms with van der Waals surface area (Å²) in [7, 11) is -1.02. The first kappa shape index (κ1) is 9.80. The molecule has 1 aliphatic carbocycles. The number of fused-ring (bicyclic) bond motifs is 2. The van der Waals surface area contributed by atoms with Crippen LogP contribution >= 0.6 is 0 Å². The Morgan fingerprint density at radius 1 is 1.50 bits per heavy atom. The van der Waals surface area contributed by atoms with Crippen LogP contribution in [0.1, 0.15) is 24.8 Å². The van der Waals surface area contributed by atoms with Crippen molar-refractivity contribution in [1.82, 2.24) is 0 Å². The summed E-state index contributed by atoms with van der Waals surface area (Å²) in [6.07, 6.45) is 2.84. The molecule has 16 heavy (non-hydrogen) atoms. The summed E-state index contributed by atoms with van der Waals surface area (Å²) in [4.78, 5) is 10.2. The first-order valence-electron chi connectivity index (χ1n) is 5.27. The minimum Gasteiger partial charge on any atom is -0.423 e. The van der Waals surface area contributed by atoms with Gasteiger partial charge >= 0.3 is 7.12 Å². The number of rotatable bonds is 1. The third-order valence-corrected chi connectivity index (χ3v) is 3.50. The molecule has 0 saturated heterocycles. The number of non-ortho nitro benzene ring substituents is 1. The lowest BCUT2D eigenvalue weighted by atomic mass is 9.72. The molecule has 2 aliphatic rings. The van der Waals surface area contributed by atoms with Gasteiger partial charge in [0.15, 0.2) is 0 Å². The number of nitro groups is 1. The molecule has 1 heterocycles. The third-order valence-electron chi connectivity index (χ3n) is 3.50. The largest absolute Gasteiger partial charge is 0.492 e. The van der Waals surface area contributed by atoms with Crippen LogP contribution in [0.25, 0.3) is 0 Å². The first-order valence-corrected chi connectivity index (χ1v) is 5.27. The van der Waals surface area contributed by atoms with Crippen molar-refractivity contribution in [2.75, 3.05) is 0 Å². The molecule has 1 N–H and O–H groups in total. The Kier molecular flexibility index (Phi) is 1.87. The third kappa shape index (κ3) is 1.14. The van der Waals surface area contributed by atoms with Crippen LogP contribution in [0.5, 0.6) is 0 Å². The molecule has 1 aromatic rings. The van der Waals surface area contributed by atoms with E-state index in [-0.39, 0.29) is 11.3 Å². The van der Waals surface area contributed by atoms with Gasteiger partial charge in [-0.3, -0.25) is 10.1 Å². The maximum atomic E-state index is 10.6. The number of hydrogen-bond donors (Lipinski definition) is 1. The van der Waals surface area contributed by atoms with E-state index >= 15 is 0 Å². The lowest BCUT2D eigenvalue weighted by Crippen LogP contribution is -2.35. The molecule has 1 spiro atoms. The van der Waals surface area contributed by atoms with Crippen LogP contribution in [-0.2, 0) is 10.3 Å². The zero-order chi connectivity index (χ0) is 11.3. The highest BCUT2D eigenvalue weighted by Gasteiger charge is 2.50. The van der Waals surface area contributed by atoms with Crippen molar-refractivity contribution in [3.8, 4) is 0 Å². The van der Waals surface area contributed by atoms with E-state index < -0.39 is 12.0 Å². The highest BCUT2D eigenvalue weighted by atomic mass is 16.6. The molecule has 1 aliphatic heterocycles. The second-order valence-electron chi connectivity index (χ2n) is 4.35. The fraction of sp³-hybridized carbons (Fsp3) is 0.400. The Morgan fingerprint density at radius 3 is 2.81 bits per heavy atom. The van der Waals surface area contributed by atoms with Gasteiger partial charge in [-0.05, 0) is 36.4 Å². The van der Waals surface area contributed by atoms with Gasteiger partial charge in [-0.1, -0.05) is 0 Å². The van der Waals surface area contributed by atoms with Crippen LogP contribution in [0.4, 0.5) is 5.69 Å². The molecule has 0 unspecified atom stereocenters. The van der Waals surface area contributed by atoms with Gasteiger partial charge in [0, 0.05) is 12.1 Å². The fourth-order valence-electron chi connectivity index (χ4n) is 2.51. The average molecular weight is 219 g/mol. The van der Waals surface area contributed by atoms with Crippen molar-refractivity contribution in [2.45, 2.75) is 24.9 Å². The topological polar surface area (TPSA) is 72.6 Å². The van der Waals surface area contributed by atoms with Crippen molar-refractivity contribution in [3.63, 3.8) is 0 Å². The molecule has 0 amide bonds. The maximum Gasteiger partial charge on any atom is 0.492 e. The van der Waals surface area contributed by atoms with Gasteiger partial charge in [0.25, 0.3) is 5.69 Å². The summed E-state index contributed by atoms with van der Waals surface area (Å²) in [6.45, 7) is 0. The molecule has 1 fully saturated rings. The lowest BCUT2D eigenvalue weighted by molar-refractivity contribution is -0.384. The molecule has 5 nitrogen and oxygen atoms in total. The molecule has 0 aromatic heterocycles. The van der Waals surface area contributed by atoms with E-state index in [2.05, 4.69) is 0 Å². The molecule has 0 radical (unpaired) electrons. The molecule has 6 heteroatoms. The van der Waals surface area contributed by atoms with Crippen LogP contribution in [0.15, 0.2) is 18.2 Å². The van der Waals surface area contributed by atoms with E-state index in [1.54, 1.807) is 6.07 Å². The van der Waals surface area contributed by atoms with Crippen molar-refractivity contribution >= 4 is 18.3 Å². The second-order valence-corrected chi connectivity index (χ2v) is 4.35. The summed E-state index contributed by atoms with van der Waals surface area (Å²) < 4.78 is 5.52. The number of hydrogen-bond acceptors (Lipinski definition) is 4. The van der Waals surface area contributed by atoms with E-state index in [0.717, 1.165) is 24.8 Å². The number of benzene rings is 1. The smallest absolute Gasteiger partial charge is 0.423 e. The fourth-order valence-corrected chi connectivity index (χ4v) is 2.51. The summed E-state index contributed by atoms with van der Waals surface area (Å²) >= 11 is 0. The van der Waals surface area contributed by atoms with E-state index in [9.17, 15) is 15.1 Å². The van der Waals surface area contributed by atoms with Gasteiger partial charge in [0.2, 0.25) is 0 Å². The zero-order valence-electron chi connectivity index (χ0n) is 8.55. The summed E-state index contributed by atoms with van der Waals surface area (Å²) in [6, 6.07) is 4.59. The van der Waals surface area contributed by atoms with Crippen LogP contribution in [0.2, 0.25) is 0 Å². The Balaban J connectivity index is 2.10. The normalized spacial score (nSPS) is 20.7. The first-order chi connectivity index (χ1) is 7.62. The standard InChI is InChI=1S/C10H10BNO4/c13-11-9-6-7(12(14)15)2-3-8(9)10(16-11)4-1-5-10/h2-3,6,13H,1,4-5H2. The predicted molar refractivity (Wildman–Crippen MR) is 57.3 cm³/mol. The van der Waals surface area contributed by atoms with Crippen molar-refractivity contribution in [3.05, 3.63) is 33.9 Å². The highest BCUT2D eigenvalue weighted by molar-refractivity contribution is 6.62. The minimum absolute atomic E-state index is 0.00206. The minimum atomic E-state index is -1.02. The monoisotopic (exact) mass is 219 g/mol. The van der Waals surface area contributed by atoms with Gasteiger partial charge in [-0.25, -0.2) is 0 Å². The summed E-state index contributed by atoms with van der Waals surface area (Å²) in [5, 5.41) is 20.4. The molecular formula is C10H10BNO4. The van der Waals surface area contributed by atoms with Crippen molar-refractivity contribution in [2.24, 2.45) is 0 Å². The Labute approximate surface area is 92.3 Å². The van der Waals surface area contributed by atoms with Gasteiger partial charge < -0.3 is 9.68 Å². The Hall–Kier alpha value is -1.40. The van der Waals surface area contributed by atoms with Gasteiger partial charge in [0.05, 0.1) is 10.5 Å². The van der Waals surface area contributed by atoms with Crippen LogP contribution in [0, 0.1) is 10.1 Å². The molecule has 82 valence electrons. The summed E-state index contributed by atoms with van der Waals surface area (Å²) in [5.74, 6) is 0. The van der Waals surface area contributed by atoms with E-state index in [1.807, 2.05) is 0 Å². The van der Waals surface area contributed by atoms with Crippen molar-refractivity contribution < 1.29 is 14.6 Å². The quantitative estimate of drug-likeness (QED) is 0.428. The van der Waals surface area contributed by atoms with Crippen LogP contribution in [0.3, 0.4) is 0 Å². The molecule has 1 aromatic carbocycles. The molecular weight excluding hydrogens is 209 g/mol. The van der Waals surface area contributed by atoms with Crippen LogP contribution < -0.4 is 5.46 Å². The number of nitro benzene ring substituents is 1. The predicted octanol–water partition coefficient (Wildman–Crippen LogP) is 0.692. The van der Waals surface area contributed by atoms with E-state index in [4.69, 9.17) is 4.65 Å². The van der Waals surface area contributed by atoms with Crippen molar-refractivity contribution in [1.29, 1.82) is 0 Å². The zero-order valence-corrected chi connectivity index (χ0v) is 8.55.